The number of benzene rings is 1. The minimum absolute atomic E-state index is 0.293. The molecule has 0 aromatic heterocycles. The Morgan fingerprint density at radius 3 is 2.40 bits per heavy atom. The number of hydrogen-bond donors (Lipinski definition) is 3. The van der Waals surface area contributed by atoms with E-state index in [9.17, 15) is 4.79 Å². The highest BCUT2D eigenvalue weighted by atomic mass is 16.4. The molecule has 0 radical (unpaired) electrons. The summed E-state index contributed by atoms with van der Waals surface area (Å²) in [5.41, 5.74) is 2.14. The van der Waals surface area contributed by atoms with Crippen molar-refractivity contribution >= 4 is 17.3 Å². The first kappa shape index (κ1) is 9.83. The molecule has 0 bridgehead atoms. The van der Waals surface area contributed by atoms with Gasteiger partial charge in [0.15, 0.2) is 0 Å². The number of hydrogen-bond acceptors (Lipinski definition) is 3. The van der Waals surface area contributed by atoms with Crippen LogP contribution in [0.4, 0.5) is 11.4 Å². The van der Waals surface area contributed by atoms with Gasteiger partial charge in [-0.25, -0.2) is 4.79 Å². The van der Waals surface area contributed by atoms with E-state index in [1.165, 1.54) is 0 Å². The van der Waals surface area contributed by atoms with Gasteiger partial charge in [0, 0.05) is 12.1 Å². The highest BCUT2D eigenvalue weighted by molar-refractivity contribution is 5.91. The van der Waals surface area contributed by atoms with Crippen molar-refractivity contribution in [3.05, 3.63) is 23.8 Å². The maximum absolute atomic E-state index is 10.8. The van der Waals surface area contributed by atoms with Crippen LogP contribution in [0.2, 0.25) is 0 Å². The van der Waals surface area contributed by atoms with E-state index < -0.39 is 5.97 Å². The molecule has 0 unspecified atom stereocenters. The van der Waals surface area contributed by atoms with Gasteiger partial charge in [0.05, 0.1) is 16.9 Å². The zero-order chi connectivity index (χ0) is 11.0. The Kier molecular flexibility index (Phi) is 2.26. The molecule has 1 aromatic rings. The van der Waals surface area contributed by atoms with Crippen LogP contribution in [-0.4, -0.2) is 23.2 Å². The lowest BCUT2D eigenvalue weighted by Crippen LogP contribution is -2.38. The molecule has 0 fully saturated rings. The van der Waals surface area contributed by atoms with E-state index in [-0.39, 0.29) is 0 Å². The lowest BCUT2D eigenvalue weighted by molar-refractivity contribution is 0.0697. The first-order valence-electron chi connectivity index (χ1n) is 4.98. The summed E-state index contributed by atoms with van der Waals surface area (Å²) in [4.78, 5) is 10.8. The van der Waals surface area contributed by atoms with Crippen LogP contribution < -0.4 is 10.6 Å². The van der Waals surface area contributed by atoms with Crippen molar-refractivity contribution in [1.29, 1.82) is 0 Å². The number of rotatable bonds is 1. The Labute approximate surface area is 88.3 Å². The first-order chi connectivity index (χ1) is 7.08. The molecule has 15 heavy (non-hydrogen) atoms. The summed E-state index contributed by atoms with van der Waals surface area (Å²) in [5, 5.41) is 15.5. The van der Waals surface area contributed by atoms with Crippen molar-refractivity contribution in [3.63, 3.8) is 0 Å². The Morgan fingerprint density at radius 1 is 1.20 bits per heavy atom. The minimum atomic E-state index is -0.897. The quantitative estimate of drug-likeness (QED) is 0.657. The fourth-order valence-electron chi connectivity index (χ4n) is 1.66. The van der Waals surface area contributed by atoms with Crippen LogP contribution in [0, 0.1) is 0 Å². The van der Waals surface area contributed by atoms with Crippen LogP contribution in [0.25, 0.3) is 0 Å². The van der Waals surface area contributed by atoms with E-state index in [1.807, 2.05) is 0 Å². The average Bonchev–Trinajstić information content (AvgIpc) is 2.19. The highest BCUT2D eigenvalue weighted by Crippen LogP contribution is 2.29. The van der Waals surface area contributed by atoms with Gasteiger partial charge in [0.1, 0.15) is 0 Å². The number of aromatic carboxylic acids is 1. The zero-order valence-electron chi connectivity index (χ0n) is 8.74. The summed E-state index contributed by atoms with van der Waals surface area (Å²) in [6, 6.07) is 5.70. The molecule has 80 valence electrons. The molecule has 0 saturated heterocycles. The summed E-state index contributed by atoms with van der Waals surface area (Å²) in [6.45, 7) is 4.15. The molecule has 2 rings (SSSR count). The summed E-state index contributed by atoms with van der Waals surface area (Å²) >= 11 is 0. The van der Waals surface area contributed by atoms with Crippen molar-refractivity contribution < 1.29 is 9.90 Å². The molecule has 0 aliphatic carbocycles. The number of nitrogens with one attached hydrogen (secondary N) is 2. The normalized spacial score (nSPS) is 23.6. The van der Waals surface area contributed by atoms with Crippen LogP contribution in [0.1, 0.15) is 24.2 Å². The van der Waals surface area contributed by atoms with Crippen molar-refractivity contribution in [2.45, 2.75) is 25.9 Å². The number of carboxylic acids is 1. The van der Waals surface area contributed by atoms with Crippen molar-refractivity contribution in [2.75, 3.05) is 10.6 Å². The third kappa shape index (κ3) is 1.75. The van der Waals surface area contributed by atoms with E-state index in [4.69, 9.17) is 5.11 Å². The Morgan fingerprint density at radius 2 is 1.80 bits per heavy atom. The standard InChI is InChI=1S/C11H14N2O2/c1-6-7(2)13-10-5-8(11(14)15)3-4-9(10)12-6/h3-7,12-13H,1-2H3,(H,14,15)/t6-,7-/m0/s1. The SMILES string of the molecule is C[C@@H]1Nc2ccc(C(=O)O)cc2N[C@H]1C. The molecule has 4 heteroatoms. The third-order valence-corrected chi connectivity index (χ3v) is 2.78. The molecule has 1 aromatic carbocycles. The fourth-order valence-corrected chi connectivity index (χ4v) is 1.66. The predicted octanol–water partition coefficient (Wildman–Crippen LogP) is 2.00. The Hall–Kier alpha value is -1.71. The second-order valence-corrected chi connectivity index (χ2v) is 3.93. The summed E-state index contributed by atoms with van der Waals surface area (Å²) in [7, 11) is 0. The van der Waals surface area contributed by atoms with E-state index in [2.05, 4.69) is 24.5 Å². The molecule has 0 amide bonds. The van der Waals surface area contributed by atoms with Gasteiger partial charge in [-0.3, -0.25) is 0 Å². The summed E-state index contributed by atoms with van der Waals surface area (Å²) in [5.74, 6) is -0.897. The van der Waals surface area contributed by atoms with Crippen molar-refractivity contribution in [3.8, 4) is 0 Å². The first-order valence-corrected chi connectivity index (χ1v) is 4.98. The minimum Gasteiger partial charge on any atom is -0.478 e. The largest absolute Gasteiger partial charge is 0.478 e. The molecule has 1 aliphatic rings. The molecule has 1 aliphatic heterocycles. The number of anilines is 2. The fraction of sp³-hybridized carbons (Fsp3) is 0.364. The lowest BCUT2D eigenvalue weighted by atomic mass is 10.0. The molecular formula is C11H14N2O2. The van der Waals surface area contributed by atoms with Gasteiger partial charge in [-0.1, -0.05) is 0 Å². The topological polar surface area (TPSA) is 61.4 Å². The Bertz CT molecular complexity index is 404. The van der Waals surface area contributed by atoms with Gasteiger partial charge in [-0.15, -0.1) is 0 Å². The number of carboxylic acid groups (broad SMARTS) is 1. The number of carbonyl (C=O) groups is 1. The van der Waals surface area contributed by atoms with Crippen LogP contribution in [0.5, 0.6) is 0 Å². The number of fused-ring (bicyclic) bond motifs is 1. The van der Waals surface area contributed by atoms with Crippen LogP contribution in [-0.2, 0) is 0 Å². The van der Waals surface area contributed by atoms with Gasteiger partial charge in [-0.05, 0) is 32.0 Å². The molecular weight excluding hydrogens is 192 g/mol. The molecule has 1 heterocycles. The molecule has 4 nitrogen and oxygen atoms in total. The molecule has 2 atom stereocenters. The van der Waals surface area contributed by atoms with E-state index >= 15 is 0 Å². The Balaban J connectivity index is 2.37. The van der Waals surface area contributed by atoms with Crippen LogP contribution in [0.15, 0.2) is 18.2 Å². The second-order valence-electron chi connectivity index (χ2n) is 3.93. The smallest absolute Gasteiger partial charge is 0.335 e. The molecule has 0 saturated carbocycles. The average molecular weight is 206 g/mol. The highest BCUT2D eigenvalue weighted by Gasteiger charge is 2.20. The third-order valence-electron chi connectivity index (χ3n) is 2.78. The van der Waals surface area contributed by atoms with E-state index in [0.29, 0.717) is 17.6 Å². The summed E-state index contributed by atoms with van der Waals surface area (Å²) < 4.78 is 0. The molecule has 0 spiro atoms. The van der Waals surface area contributed by atoms with Crippen LogP contribution in [0.3, 0.4) is 0 Å². The predicted molar refractivity (Wildman–Crippen MR) is 59.6 cm³/mol. The van der Waals surface area contributed by atoms with Gasteiger partial charge in [0.2, 0.25) is 0 Å². The van der Waals surface area contributed by atoms with E-state index in [1.54, 1.807) is 18.2 Å². The van der Waals surface area contributed by atoms with Crippen molar-refractivity contribution in [1.82, 2.24) is 0 Å². The maximum Gasteiger partial charge on any atom is 0.335 e. The van der Waals surface area contributed by atoms with Crippen LogP contribution >= 0.6 is 0 Å². The zero-order valence-corrected chi connectivity index (χ0v) is 8.74. The molecule has 3 N–H and O–H groups in total. The monoisotopic (exact) mass is 206 g/mol. The second kappa shape index (κ2) is 3.46. The summed E-state index contributed by atoms with van der Waals surface area (Å²) in [6.07, 6.45) is 0. The van der Waals surface area contributed by atoms with Gasteiger partial charge in [0.25, 0.3) is 0 Å². The van der Waals surface area contributed by atoms with Crippen molar-refractivity contribution in [2.24, 2.45) is 0 Å². The lowest BCUT2D eigenvalue weighted by Gasteiger charge is -2.32. The van der Waals surface area contributed by atoms with E-state index in [0.717, 1.165) is 11.4 Å². The van der Waals surface area contributed by atoms with Gasteiger partial charge < -0.3 is 15.7 Å². The maximum atomic E-state index is 10.8. The van der Waals surface area contributed by atoms with Gasteiger partial charge in [-0.2, -0.15) is 0 Å². The van der Waals surface area contributed by atoms with Gasteiger partial charge >= 0.3 is 5.97 Å².